The van der Waals surface area contributed by atoms with E-state index in [0.717, 1.165) is 23.2 Å². The first-order valence-electron chi connectivity index (χ1n) is 8.16. The Labute approximate surface area is 111 Å². The molecule has 5 aliphatic rings. The molecule has 2 heteroatoms. The molecule has 5 fully saturated rings. The SMILES string of the molecule is C[C@@H]1CN(CC23CC4CC(CC(C4)C2)C3)CCN1. The Balaban J connectivity index is 1.47. The number of nitrogens with one attached hydrogen (secondary N) is 1. The van der Waals surface area contributed by atoms with Crippen LogP contribution in [0.15, 0.2) is 0 Å². The molecule has 4 aliphatic carbocycles. The average molecular weight is 248 g/mol. The van der Waals surface area contributed by atoms with Crippen LogP contribution in [-0.2, 0) is 0 Å². The van der Waals surface area contributed by atoms with Gasteiger partial charge in [0.15, 0.2) is 0 Å². The maximum Gasteiger partial charge on any atom is 0.0167 e. The topological polar surface area (TPSA) is 15.3 Å². The van der Waals surface area contributed by atoms with Gasteiger partial charge in [-0.3, -0.25) is 4.90 Å². The fourth-order valence-electron chi connectivity index (χ4n) is 6.11. The van der Waals surface area contributed by atoms with Gasteiger partial charge in [-0.1, -0.05) is 0 Å². The van der Waals surface area contributed by atoms with Gasteiger partial charge in [-0.15, -0.1) is 0 Å². The van der Waals surface area contributed by atoms with Gasteiger partial charge >= 0.3 is 0 Å². The van der Waals surface area contributed by atoms with E-state index in [0.29, 0.717) is 6.04 Å². The first-order valence-corrected chi connectivity index (χ1v) is 8.16. The van der Waals surface area contributed by atoms with Crippen LogP contribution in [0, 0.1) is 23.2 Å². The van der Waals surface area contributed by atoms with E-state index in [1.165, 1.54) is 26.2 Å². The molecule has 1 heterocycles. The molecule has 2 nitrogen and oxygen atoms in total. The Morgan fingerprint density at radius 1 is 1.06 bits per heavy atom. The van der Waals surface area contributed by atoms with Gasteiger partial charge in [0.05, 0.1) is 0 Å². The van der Waals surface area contributed by atoms with E-state index in [1.807, 2.05) is 0 Å². The Bertz CT molecular complexity index is 290. The smallest absolute Gasteiger partial charge is 0.0167 e. The van der Waals surface area contributed by atoms with E-state index in [-0.39, 0.29) is 0 Å². The minimum absolute atomic E-state index is 0.702. The zero-order valence-corrected chi connectivity index (χ0v) is 11.8. The van der Waals surface area contributed by atoms with Crippen LogP contribution in [-0.4, -0.2) is 37.1 Å². The molecule has 4 saturated carbocycles. The van der Waals surface area contributed by atoms with Gasteiger partial charge in [0.2, 0.25) is 0 Å². The lowest BCUT2D eigenvalue weighted by molar-refractivity contribution is -0.0714. The summed E-state index contributed by atoms with van der Waals surface area (Å²) in [6.07, 6.45) is 9.44. The first kappa shape index (κ1) is 11.7. The maximum atomic E-state index is 3.58. The highest BCUT2D eigenvalue weighted by Gasteiger charge is 2.51. The molecular formula is C16H28N2. The lowest BCUT2D eigenvalue weighted by Crippen LogP contribution is -2.56. The number of nitrogens with zero attached hydrogens (tertiary/aromatic N) is 1. The molecule has 0 amide bonds. The summed E-state index contributed by atoms with van der Waals surface area (Å²) in [4.78, 5) is 2.77. The summed E-state index contributed by atoms with van der Waals surface area (Å²) in [6, 6.07) is 0.702. The number of hydrogen-bond donors (Lipinski definition) is 1. The summed E-state index contributed by atoms with van der Waals surface area (Å²) in [5.74, 6) is 3.32. The second kappa shape index (κ2) is 4.21. The van der Waals surface area contributed by atoms with Gasteiger partial charge in [0.1, 0.15) is 0 Å². The quantitative estimate of drug-likeness (QED) is 0.808. The van der Waals surface area contributed by atoms with Crippen molar-refractivity contribution in [3.63, 3.8) is 0 Å². The molecule has 18 heavy (non-hydrogen) atoms. The molecule has 4 bridgehead atoms. The van der Waals surface area contributed by atoms with Gasteiger partial charge < -0.3 is 5.32 Å². The van der Waals surface area contributed by atoms with Crippen LogP contribution in [0.2, 0.25) is 0 Å². The van der Waals surface area contributed by atoms with Gasteiger partial charge in [-0.25, -0.2) is 0 Å². The van der Waals surface area contributed by atoms with Crippen molar-refractivity contribution in [1.29, 1.82) is 0 Å². The largest absolute Gasteiger partial charge is 0.312 e. The van der Waals surface area contributed by atoms with E-state index in [1.54, 1.807) is 38.5 Å². The molecule has 1 aliphatic heterocycles. The van der Waals surface area contributed by atoms with Crippen molar-refractivity contribution in [2.24, 2.45) is 23.2 Å². The maximum absolute atomic E-state index is 3.58. The van der Waals surface area contributed by atoms with Crippen molar-refractivity contribution >= 4 is 0 Å². The minimum atomic E-state index is 0.702. The fraction of sp³-hybridized carbons (Fsp3) is 1.00. The summed E-state index contributed by atoms with van der Waals surface area (Å²) >= 11 is 0. The molecule has 0 aromatic rings. The second-order valence-corrected chi connectivity index (χ2v) is 8.01. The molecule has 102 valence electrons. The average Bonchev–Trinajstić information content (AvgIpc) is 2.25. The van der Waals surface area contributed by atoms with Crippen LogP contribution in [0.1, 0.15) is 45.4 Å². The lowest BCUT2D eigenvalue weighted by atomic mass is 9.49. The third kappa shape index (κ3) is 2.02. The van der Waals surface area contributed by atoms with Crippen LogP contribution < -0.4 is 5.32 Å². The summed E-state index contributed by atoms with van der Waals surface area (Å²) < 4.78 is 0. The van der Waals surface area contributed by atoms with Crippen molar-refractivity contribution in [3.05, 3.63) is 0 Å². The number of piperazine rings is 1. The fourth-order valence-corrected chi connectivity index (χ4v) is 6.11. The van der Waals surface area contributed by atoms with Crippen LogP contribution in [0.5, 0.6) is 0 Å². The Hall–Kier alpha value is -0.0800. The van der Waals surface area contributed by atoms with Crippen LogP contribution in [0.25, 0.3) is 0 Å². The lowest BCUT2D eigenvalue weighted by Gasteiger charge is -2.58. The Morgan fingerprint density at radius 3 is 2.22 bits per heavy atom. The molecule has 0 radical (unpaired) electrons. The summed E-state index contributed by atoms with van der Waals surface area (Å²) in [7, 11) is 0. The monoisotopic (exact) mass is 248 g/mol. The van der Waals surface area contributed by atoms with Crippen molar-refractivity contribution in [2.75, 3.05) is 26.2 Å². The van der Waals surface area contributed by atoms with E-state index >= 15 is 0 Å². The highest BCUT2D eigenvalue weighted by molar-refractivity contribution is 5.02. The Kier molecular flexibility index (Phi) is 2.74. The highest BCUT2D eigenvalue weighted by atomic mass is 15.2. The predicted octanol–water partition coefficient (Wildman–Crippen LogP) is 2.50. The highest BCUT2D eigenvalue weighted by Crippen LogP contribution is 2.60. The van der Waals surface area contributed by atoms with E-state index < -0.39 is 0 Å². The van der Waals surface area contributed by atoms with Crippen molar-refractivity contribution < 1.29 is 0 Å². The van der Waals surface area contributed by atoms with Gasteiger partial charge in [0, 0.05) is 32.2 Å². The van der Waals surface area contributed by atoms with Crippen molar-refractivity contribution in [3.8, 4) is 0 Å². The van der Waals surface area contributed by atoms with Gasteiger partial charge in [0.25, 0.3) is 0 Å². The van der Waals surface area contributed by atoms with Crippen molar-refractivity contribution in [1.82, 2.24) is 10.2 Å². The molecular weight excluding hydrogens is 220 g/mol. The zero-order valence-electron chi connectivity index (χ0n) is 11.8. The molecule has 0 aromatic carbocycles. The molecule has 0 spiro atoms. The number of rotatable bonds is 2. The summed E-state index contributed by atoms with van der Waals surface area (Å²) in [5, 5.41) is 3.58. The van der Waals surface area contributed by atoms with Crippen molar-refractivity contribution in [2.45, 2.75) is 51.5 Å². The molecule has 1 saturated heterocycles. The standard InChI is InChI=1S/C16H28N2/c1-12-10-18(3-2-17-12)11-16-7-13-4-14(8-16)6-15(5-13)9-16/h12-15,17H,2-11H2,1H3/t12-,13?,14?,15?,16?/m1/s1. The minimum Gasteiger partial charge on any atom is -0.312 e. The second-order valence-electron chi connectivity index (χ2n) is 8.01. The number of hydrogen-bond acceptors (Lipinski definition) is 2. The predicted molar refractivity (Wildman–Crippen MR) is 74.5 cm³/mol. The van der Waals surface area contributed by atoms with Crippen LogP contribution in [0.3, 0.4) is 0 Å². The molecule has 1 N–H and O–H groups in total. The molecule has 1 atom stereocenters. The van der Waals surface area contributed by atoms with E-state index in [4.69, 9.17) is 0 Å². The third-order valence-corrected chi connectivity index (χ3v) is 6.18. The van der Waals surface area contributed by atoms with E-state index in [9.17, 15) is 0 Å². The van der Waals surface area contributed by atoms with Crippen LogP contribution >= 0.6 is 0 Å². The Morgan fingerprint density at radius 2 is 1.67 bits per heavy atom. The molecule has 0 unspecified atom stereocenters. The molecule has 5 rings (SSSR count). The van der Waals surface area contributed by atoms with Crippen LogP contribution in [0.4, 0.5) is 0 Å². The normalized spacial score (nSPS) is 51.8. The first-order chi connectivity index (χ1) is 8.71. The zero-order chi connectivity index (χ0) is 12.2. The third-order valence-electron chi connectivity index (χ3n) is 6.18. The van der Waals surface area contributed by atoms with Gasteiger partial charge in [-0.2, -0.15) is 0 Å². The van der Waals surface area contributed by atoms with Gasteiger partial charge in [-0.05, 0) is 68.6 Å². The molecule has 0 aromatic heterocycles. The van der Waals surface area contributed by atoms with E-state index in [2.05, 4.69) is 17.1 Å². The summed E-state index contributed by atoms with van der Waals surface area (Å²) in [5.41, 5.74) is 0.742. The summed E-state index contributed by atoms with van der Waals surface area (Å²) in [6.45, 7) is 7.52.